The average molecular weight is 241 g/mol. The number of anilines is 1. The lowest BCUT2D eigenvalue weighted by Gasteiger charge is -2.01. The van der Waals surface area contributed by atoms with E-state index in [1.165, 1.54) is 11.3 Å². The zero-order valence-corrected chi connectivity index (χ0v) is 9.34. The lowest BCUT2D eigenvalue weighted by molar-refractivity contribution is 0.602. The second-order valence-electron chi connectivity index (χ2n) is 2.39. The zero-order chi connectivity index (χ0) is 9.90. The minimum absolute atomic E-state index is 0.0830. The Labute approximate surface area is 86.0 Å². The standard InChI is InChI=1S/C6H9ClN2O2S2/c1-5-4-8-6(12-5)9-13(10,11)3-2-7/h4H,2-3H2,1H3,(H,8,9). The molecule has 0 saturated carbocycles. The molecule has 1 aromatic rings. The predicted molar refractivity (Wildman–Crippen MR) is 55.0 cm³/mol. The molecule has 74 valence electrons. The van der Waals surface area contributed by atoms with Gasteiger partial charge >= 0.3 is 0 Å². The van der Waals surface area contributed by atoms with Crippen molar-refractivity contribution in [1.29, 1.82) is 0 Å². The van der Waals surface area contributed by atoms with Crippen LogP contribution < -0.4 is 4.72 Å². The predicted octanol–water partition coefficient (Wildman–Crippen LogP) is 1.43. The molecule has 0 aliphatic heterocycles. The van der Waals surface area contributed by atoms with Crippen LogP contribution >= 0.6 is 22.9 Å². The van der Waals surface area contributed by atoms with Crippen LogP contribution in [0.4, 0.5) is 5.13 Å². The van der Waals surface area contributed by atoms with E-state index in [1.807, 2.05) is 6.92 Å². The Morgan fingerprint density at radius 1 is 1.69 bits per heavy atom. The van der Waals surface area contributed by atoms with Crippen LogP contribution in [0.25, 0.3) is 0 Å². The fraction of sp³-hybridized carbons (Fsp3) is 0.500. The van der Waals surface area contributed by atoms with Crippen LogP contribution in [0.2, 0.25) is 0 Å². The smallest absolute Gasteiger partial charge is 0.235 e. The van der Waals surface area contributed by atoms with Crippen molar-refractivity contribution in [3.8, 4) is 0 Å². The van der Waals surface area contributed by atoms with Crippen LogP contribution in [0, 0.1) is 6.92 Å². The summed E-state index contributed by atoms with van der Waals surface area (Å²) in [6.45, 7) is 1.86. The van der Waals surface area contributed by atoms with Crippen molar-refractivity contribution in [2.24, 2.45) is 0 Å². The van der Waals surface area contributed by atoms with Gasteiger partial charge in [0.2, 0.25) is 10.0 Å². The summed E-state index contributed by atoms with van der Waals surface area (Å²) in [5.41, 5.74) is 0. The summed E-state index contributed by atoms with van der Waals surface area (Å²) in [4.78, 5) is 4.83. The van der Waals surface area contributed by atoms with Crippen LogP contribution in [0.5, 0.6) is 0 Å². The van der Waals surface area contributed by atoms with Gasteiger partial charge in [-0.05, 0) is 6.92 Å². The molecule has 7 heteroatoms. The number of aryl methyl sites for hydroxylation is 1. The van der Waals surface area contributed by atoms with Crippen LogP contribution in [-0.4, -0.2) is 25.0 Å². The third-order valence-electron chi connectivity index (χ3n) is 1.21. The van der Waals surface area contributed by atoms with Crippen molar-refractivity contribution < 1.29 is 8.42 Å². The minimum atomic E-state index is -3.31. The van der Waals surface area contributed by atoms with Gasteiger partial charge in [-0.25, -0.2) is 13.4 Å². The first-order valence-electron chi connectivity index (χ1n) is 3.52. The highest BCUT2D eigenvalue weighted by atomic mass is 35.5. The zero-order valence-electron chi connectivity index (χ0n) is 6.95. The molecular weight excluding hydrogens is 232 g/mol. The van der Waals surface area contributed by atoms with Crippen molar-refractivity contribution in [2.45, 2.75) is 6.92 Å². The van der Waals surface area contributed by atoms with Gasteiger partial charge in [0.1, 0.15) is 0 Å². The Balaban J connectivity index is 2.69. The molecule has 1 heterocycles. The second kappa shape index (κ2) is 4.26. The molecule has 4 nitrogen and oxygen atoms in total. The van der Waals surface area contributed by atoms with E-state index in [4.69, 9.17) is 11.6 Å². The number of hydrogen-bond acceptors (Lipinski definition) is 4. The number of nitrogens with zero attached hydrogens (tertiary/aromatic N) is 1. The van der Waals surface area contributed by atoms with Crippen molar-refractivity contribution in [3.05, 3.63) is 11.1 Å². The number of alkyl halides is 1. The summed E-state index contributed by atoms with van der Waals surface area (Å²) in [7, 11) is -3.31. The fourth-order valence-corrected chi connectivity index (χ4v) is 2.98. The Bertz CT molecular complexity index is 374. The van der Waals surface area contributed by atoms with Crippen molar-refractivity contribution in [2.75, 3.05) is 16.4 Å². The summed E-state index contributed by atoms with van der Waals surface area (Å²) in [6.07, 6.45) is 1.61. The van der Waals surface area contributed by atoms with Crippen molar-refractivity contribution in [3.63, 3.8) is 0 Å². The minimum Gasteiger partial charge on any atom is -0.259 e. The number of rotatable bonds is 4. The Morgan fingerprint density at radius 2 is 2.38 bits per heavy atom. The normalized spacial score (nSPS) is 11.5. The van der Waals surface area contributed by atoms with E-state index >= 15 is 0 Å². The number of halogens is 1. The van der Waals surface area contributed by atoms with Crippen molar-refractivity contribution >= 4 is 38.1 Å². The first kappa shape index (κ1) is 10.7. The molecule has 0 radical (unpaired) electrons. The van der Waals surface area contributed by atoms with Gasteiger partial charge in [-0.15, -0.1) is 22.9 Å². The highest BCUT2D eigenvalue weighted by Gasteiger charge is 2.10. The summed E-state index contributed by atoms with van der Waals surface area (Å²) in [5.74, 6) is -0.00707. The molecule has 0 unspecified atom stereocenters. The Morgan fingerprint density at radius 3 is 2.85 bits per heavy atom. The van der Waals surface area contributed by atoms with Gasteiger partial charge in [0.05, 0.1) is 5.75 Å². The number of sulfonamides is 1. The van der Waals surface area contributed by atoms with Gasteiger partial charge in [-0.1, -0.05) is 0 Å². The number of nitrogens with one attached hydrogen (secondary N) is 1. The molecule has 0 fully saturated rings. The van der Waals surface area contributed by atoms with Gasteiger partial charge < -0.3 is 0 Å². The topological polar surface area (TPSA) is 59.1 Å². The van der Waals surface area contributed by atoms with Gasteiger partial charge in [0.25, 0.3) is 0 Å². The van der Waals surface area contributed by atoms with E-state index in [2.05, 4.69) is 9.71 Å². The van der Waals surface area contributed by atoms with Crippen molar-refractivity contribution in [1.82, 2.24) is 4.98 Å². The first-order chi connectivity index (χ1) is 6.03. The summed E-state index contributed by atoms with van der Waals surface area (Å²) in [5, 5.41) is 0.391. The van der Waals surface area contributed by atoms with Gasteiger partial charge in [0.15, 0.2) is 5.13 Å². The summed E-state index contributed by atoms with van der Waals surface area (Å²) < 4.78 is 24.7. The van der Waals surface area contributed by atoms with E-state index in [1.54, 1.807) is 6.20 Å². The summed E-state index contributed by atoms with van der Waals surface area (Å²) >= 11 is 6.62. The number of thiazole rings is 1. The lowest BCUT2D eigenvalue weighted by Crippen LogP contribution is -2.17. The quantitative estimate of drug-likeness (QED) is 0.810. The molecule has 1 aromatic heterocycles. The average Bonchev–Trinajstić information content (AvgIpc) is 2.34. The van der Waals surface area contributed by atoms with Crippen LogP contribution in [-0.2, 0) is 10.0 Å². The van der Waals surface area contributed by atoms with Crippen LogP contribution in [0.1, 0.15) is 4.88 Å². The van der Waals surface area contributed by atoms with E-state index in [-0.39, 0.29) is 11.6 Å². The highest BCUT2D eigenvalue weighted by molar-refractivity contribution is 7.92. The molecule has 0 saturated heterocycles. The van der Waals surface area contributed by atoms with Crippen LogP contribution in [0.3, 0.4) is 0 Å². The fourth-order valence-electron chi connectivity index (χ4n) is 0.688. The Hall–Kier alpha value is -0.330. The monoisotopic (exact) mass is 240 g/mol. The number of aromatic nitrogens is 1. The molecular formula is C6H9ClN2O2S2. The highest BCUT2D eigenvalue weighted by Crippen LogP contribution is 2.17. The van der Waals surface area contributed by atoms with E-state index in [9.17, 15) is 8.42 Å². The maximum absolute atomic E-state index is 11.2. The SMILES string of the molecule is Cc1cnc(NS(=O)(=O)CCCl)s1. The van der Waals surface area contributed by atoms with Crippen LogP contribution in [0.15, 0.2) is 6.20 Å². The second-order valence-corrected chi connectivity index (χ2v) is 5.84. The molecule has 0 bridgehead atoms. The van der Waals surface area contributed by atoms with Gasteiger partial charge in [-0.2, -0.15) is 0 Å². The van der Waals surface area contributed by atoms with Gasteiger partial charge in [-0.3, -0.25) is 4.72 Å². The molecule has 1 N–H and O–H groups in total. The van der Waals surface area contributed by atoms with E-state index in [0.717, 1.165) is 4.88 Å². The first-order valence-corrected chi connectivity index (χ1v) is 6.53. The molecule has 13 heavy (non-hydrogen) atoms. The summed E-state index contributed by atoms with van der Waals surface area (Å²) in [6, 6.07) is 0. The van der Waals surface area contributed by atoms with E-state index in [0.29, 0.717) is 5.13 Å². The molecule has 0 amide bonds. The molecule has 0 spiro atoms. The lowest BCUT2D eigenvalue weighted by atomic mass is 10.7. The third-order valence-corrected chi connectivity index (χ3v) is 3.83. The maximum atomic E-state index is 11.2. The largest absolute Gasteiger partial charge is 0.259 e. The van der Waals surface area contributed by atoms with Gasteiger partial charge in [0, 0.05) is 17.0 Å². The molecule has 0 atom stereocenters. The number of hydrogen-bond donors (Lipinski definition) is 1. The Kier molecular flexibility index (Phi) is 3.52. The molecule has 0 aliphatic carbocycles. The molecule has 0 aliphatic rings. The molecule has 1 rings (SSSR count). The molecule has 0 aromatic carbocycles. The third kappa shape index (κ3) is 3.50. The van der Waals surface area contributed by atoms with E-state index < -0.39 is 10.0 Å². The maximum Gasteiger partial charge on any atom is 0.235 e.